The third-order valence-electron chi connectivity index (χ3n) is 6.04. The molecule has 0 radical (unpaired) electrons. The summed E-state index contributed by atoms with van der Waals surface area (Å²) in [5, 5.41) is 3.31. The van der Waals surface area contributed by atoms with Gasteiger partial charge in [0.15, 0.2) is 0 Å². The van der Waals surface area contributed by atoms with Crippen LogP contribution in [0.4, 0.5) is 0 Å². The summed E-state index contributed by atoms with van der Waals surface area (Å²) in [5.41, 5.74) is 1.92. The van der Waals surface area contributed by atoms with Crippen molar-refractivity contribution in [2.75, 3.05) is 33.5 Å². The third kappa shape index (κ3) is 5.14. The van der Waals surface area contributed by atoms with Gasteiger partial charge in [0.1, 0.15) is 0 Å². The second-order valence-corrected chi connectivity index (χ2v) is 8.57. The first-order valence-electron chi connectivity index (χ1n) is 11.6. The van der Waals surface area contributed by atoms with Gasteiger partial charge in [0.05, 0.1) is 67.4 Å². The smallest absolute Gasteiger partial charge is 0.336 e. The van der Waals surface area contributed by atoms with Crippen LogP contribution in [0, 0.1) is 0 Å². The molecule has 2 aliphatic rings. The van der Waals surface area contributed by atoms with Gasteiger partial charge in [0, 0.05) is 11.2 Å². The number of hydrogen-bond acceptors (Lipinski definition) is 8. The molecule has 0 spiro atoms. The molecule has 2 aliphatic heterocycles. The van der Waals surface area contributed by atoms with Gasteiger partial charge in [0.2, 0.25) is 0 Å². The molecule has 2 aromatic rings. The largest absolute Gasteiger partial charge is 0.466 e. The number of dihydropyridines is 1. The van der Waals surface area contributed by atoms with Gasteiger partial charge in [-0.05, 0) is 30.7 Å². The summed E-state index contributed by atoms with van der Waals surface area (Å²) in [6, 6.07) is 13.5. The molecule has 0 saturated heterocycles. The molecular weight excluding hydrogens is 500 g/mol. The molecule has 1 N–H and O–H groups in total. The van der Waals surface area contributed by atoms with Crippen molar-refractivity contribution in [2.24, 2.45) is 0 Å². The van der Waals surface area contributed by atoms with Crippen LogP contribution in [0.25, 0.3) is 0 Å². The molecule has 0 aliphatic carbocycles. The average molecular weight is 525 g/mol. The van der Waals surface area contributed by atoms with Crippen molar-refractivity contribution < 1.29 is 33.4 Å². The number of ether oxygens (including phenoxy) is 3. The van der Waals surface area contributed by atoms with Crippen LogP contribution in [0.15, 0.2) is 71.6 Å². The van der Waals surface area contributed by atoms with Crippen LogP contribution in [-0.2, 0) is 23.8 Å². The van der Waals surface area contributed by atoms with Gasteiger partial charge in [-0.2, -0.15) is 0 Å². The molecular formula is C27H25ClN2O7. The van der Waals surface area contributed by atoms with E-state index in [9.17, 15) is 19.2 Å². The highest BCUT2D eigenvalue weighted by atomic mass is 35.5. The number of methoxy groups -OCH3 is 1. The maximum atomic E-state index is 13.1. The monoisotopic (exact) mass is 524 g/mol. The quantitative estimate of drug-likeness (QED) is 0.302. The summed E-state index contributed by atoms with van der Waals surface area (Å²) in [7, 11) is 1.25. The van der Waals surface area contributed by atoms with E-state index in [4.69, 9.17) is 25.8 Å². The lowest BCUT2D eigenvalue weighted by Gasteiger charge is -2.29. The molecule has 10 heteroatoms. The Morgan fingerprint density at radius 1 is 1.00 bits per heavy atom. The topological polar surface area (TPSA) is 111 Å². The Morgan fingerprint density at radius 2 is 1.65 bits per heavy atom. The molecule has 0 unspecified atom stereocenters. The summed E-state index contributed by atoms with van der Waals surface area (Å²) >= 11 is 6.46. The maximum absolute atomic E-state index is 13.1. The first-order chi connectivity index (χ1) is 17.9. The van der Waals surface area contributed by atoms with Gasteiger partial charge in [-0.25, -0.2) is 9.59 Å². The fourth-order valence-electron chi connectivity index (χ4n) is 4.32. The van der Waals surface area contributed by atoms with Gasteiger partial charge in [-0.3, -0.25) is 14.5 Å². The highest BCUT2D eigenvalue weighted by molar-refractivity contribution is 6.31. The number of hydrogen-bond donors (Lipinski definition) is 1. The standard InChI is InChI=1S/C27H25ClN2O7/c1-3-37-27(34)23-21(15-36-13-12-30-24(31)16-8-4-5-9-17(16)25(30)32)29-14-19(26(33)35-2)22(23)18-10-6-7-11-20(18)28/h4-11,14,22,29H,3,12-13,15H2,1-2H3/t22-/m1/s1. The number of rotatable bonds is 9. The minimum absolute atomic E-state index is 0.0249. The summed E-state index contributed by atoms with van der Waals surface area (Å²) in [5.74, 6) is -2.90. The summed E-state index contributed by atoms with van der Waals surface area (Å²) in [6.07, 6.45) is 1.45. The molecule has 0 saturated carbocycles. The molecule has 37 heavy (non-hydrogen) atoms. The molecule has 9 nitrogen and oxygen atoms in total. The lowest BCUT2D eigenvalue weighted by Crippen LogP contribution is -2.34. The molecule has 2 heterocycles. The normalized spacial score (nSPS) is 16.8. The van der Waals surface area contributed by atoms with Crippen LogP contribution < -0.4 is 5.32 Å². The lowest BCUT2D eigenvalue weighted by atomic mass is 9.82. The number of nitrogens with zero attached hydrogens (tertiary/aromatic N) is 1. The average Bonchev–Trinajstić information content (AvgIpc) is 3.15. The molecule has 0 bridgehead atoms. The predicted octanol–water partition coefficient (Wildman–Crippen LogP) is 3.21. The fourth-order valence-corrected chi connectivity index (χ4v) is 4.57. The molecule has 192 valence electrons. The maximum Gasteiger partial charge on any atom is 0.336 e. The van der Waals surface area contributed by atoms with E-state index in [0.29, 0.717) is 27.4 Å². The zero-order chi connectivity index (χ0) is 26.5. The Bertz CT molecular complexity index is 1280. The van der Waals surface area contributed by atoms with E-state index in [-0.39, 0.29) is 49.3 Å². The van der Waals surface area contributed by atoms with Crippen molar-refractivity contribution in [2.45, 2.75) is 12.8 Å². The highest BCUT2D eigenvalue weighted by Gasteiger charge is 2.38. The van der Waals surface area contributed by atoms with E-state index >= 15 is 0 Å². The first-order valence-corrected chi connectivity index (χ1v) is 12.0. The highest BCUT2D eigenvalue weighted by Crippen LogP contribution is 2.40. The number of halogens is 1. The number of imide groups is 1. The van der Waals surface area contributed by atoms with Crippen molar-refractivity contribution in [1.29, 1.82) is 0 Å². The molecule has 0 fully saturated rings. The van der Waals surface area contributed by atoms with E-state index in [0.717, 1.165) is 4.90 Å². The number of fused-ring (bicyclic) bond motifs is 1. The van der Waals surface area contributed by atoms with E-state index in [2.05, 4.69) is 5.32 Å². The summed E-state index contributed by atoms with van der Waals surface area (Å²) < 4.78 is 16.0. The Labute approximate surface area is 218 Å². The predicted molar refractivity (Wildman–Crippen MR) is 134 cm³/mol. The van der Waals surface area contributed by atoms with Crippen molar-refractivity contribution >= 4 is 35.4 Å². The molecule has 2 amide bonds. The van der Waals surface area contributed by atoms with Gasteiger partial charge in [0.25, 0.3) is 11.8 Å². The van der Waals surface area contributed by atoms with Crippen LogP contribution >= 0.6 is 11.6 Å². The molecule has 2 aromatic carbocycles. The van der Waals surface area contributed by atoms with E-state index in [1.807, 2.05) is 0 Å². The Morgan fingerprint density at radius 3 is 2.27 bits per heavy atom. The van der Waals surface area contributed by atoms with E-state index in [1.54, 1.807) is 55.5 Å². The third-order valence-corrected chi connectivity index (χ3v) is 6.39. The van der Waals surface area contributed by atoms with Crippen LogP contribution in [0.3, 0.4) is 0 Å². The Hall–Kier alpha value is -3.95. The van der Waals surface area contributed by atoms with Crippen molar-refractivity contribution in [3.05, 3.63) is 93.3 Å². The second-order valence-electron chi connectivity index (χ2n) is 8.16. The van der Waals surface area contributed by atoms with Crippen LogP contribution in [0.5, 0.6) is 0 Å². The van der Waals surface area contributed by atoms with Crippen LogP contribution in [0.1, 0.15) is 39.1 Å². The zero-order valence-corrected chi connectivity index (χ0v) is 21.0. The number of esters is 2. The number of benzene rings is 2. The number of amides is 2. The number of nitrogens with one attached hydrogen (secondary N) is 1. The van der Waals surface area contributed by atoms with Gasteiger partial charge in [-0.15, -0.1) is 0 Å². The van der Waals surface area contributed by atoms with Gasteiger partial charge in [-0.1, -0.05) is 41.9 Å². The minimum atomic E-state index is -0.865. The van der Waals surface area contributed by atoms with Gasteiger partial charge >= 0.3 is 11.9 Å². The van der Waals surface area contributed by atoms with Crippen molar-refractivity contribution in [1.82, 2.24) is 10.2 Å². The second kappa shape index (κ2) is 11.4. The van der Waals surface area contributed by atoms with E-state index in [1.165, 1.54) is 13.3 Å². The van der Waals surface area contributed by atoms with E-state index < -0.39 is 17.9 Å². The molecule has 4 rings (SSSR count). The zero-order valence-electron chi connectivity index (χ0n) is 20.3. The minimum Gasteiger partial charge on any atom is -0.466 e. The fraction of sp³-hybridized carbons (Fsp3) is 0.259. The summed E-state index contributed by atoms with van der Waals surface area (Å²) in [4.78, 5) is 52.0. The van der Waals surface area contributed by atoms with Crippen LogP contribution in [-0.4, -0.2) is 62.1 Å². The molecule has 0 aromatic heterocycles. The number of carbonyl (C=O) groups excluding carboxylic acids is 4. The Kier molecular flexibility index (Phi) is 8.05. The van der Waals surface area contributed by atoms with Crippen LogP contribution in [0.2, 0.25) is 5.02 Å². The van der Waals surface area contributed by atoms with Gasteiger partial charge < -0.3 is 19.5 Å². The Balaban J connectivity index is 1.57. The lowest BCUT2D eigenvalue weighted by molar-refractivity contribution is -0.139. The molecule has 1 atom stereocenters. The summed E-state index contributed by atoms with van der Waals surface area (Å²) in [6.45, 7) is 1.77. The number of carbonyl (C=O) groups is 4. The van der Waals surface area contributed by atoms with Crippen molar-refractivity contribution in [3.63, 3.8) is 0 Å². The SMILES string of the molecule is CCOC(=O)C1=C(COCCN2C(=O)c3ccccc3C2=O)NC=C(C(=O)OC)[C@H]1c1ccccc1Cl. The first kappa shape index (κ1) is 26.1. The van der Waals surface area contributed by atoms with Crippen molar-refractivity contribution in [3.8, 4) is 0 Å².